The van der Waals surface area contributed by atoms with Crippen molar-refractivity contribution in [2.75, 3.05) is 26.7 Å². The molecule has 2 N–H and O–H groups in total. The van der Waals surface area contributed by atoms with Gasteiger partial charge in [0.25, 0.3) is 0 Å². The molecule has 21 heavy (non-hydrogen) atoms. The lowest BCUT2D eigenvalue weighted by atomic mass is 10.1. The Kier molecular flexibility index (Phi) is 6.17. The van der Waals surface area contributed by atoms with Crippen molar-refractivity contribution in [1.82, 2.24) is 10.2 Å². The molecule has 0 spiro atoms. The summed E-state index contributed by atoms with van der Waals surface area (Å²) in [5.74, 6) is -0.215. The quantitative estimate of drug-likeness (QED) is 0.843. The lowest BCUT2D eigenvalue weighted by molar-refractivity contribution is -0.137. The third-order valence-corrected chi connectivity index (χ3v) is 3.12. The van der Waals surface area contributed by atoms with Crippen LogP contribution in [0.2, 0.25) is 0 Å². The molecule has 0 aliphatic carbocycles. The van der Waals surface area contributed by atoms with E-state index >= 15 is 0 Å². The maximum atomic E-state index is 12.6. The molecule has 0 saturated heterocycles. The number of aliphatic hydroxyl groups excluding tert-OH is 1. The molecule has 0 unspecified atom stereocenters. The van der Waals surface area contributed by atoms with Gasteiger partial charge in [0, 0.05) is 13.6 Å². The first-order chi connectivity index (χ1) is 9.77. The van der Waals surface area contributed by atoms with E-state index in [0.717, 1.165) is 12.1 Å². The van der Waals surface area contributed by atoms with Crippen molar-refractivity contribution in [1.29, 1.82) is 0 Å². The molecule has 0 heterocycles. The number of alkyl halides is 3. The number of carbonyl (C=O) groups is 1. The molecule has 0 saturated carbocycles. The van der Waals surface area contributed by atoms with Gasteiger partial charge in [-0.1, -0.05) is 19.1 Å². The highest BCUT2D eigenvalue weighted by Crippen LogP contribution is 2.30. The standard InChI is InChI=1S/C14H19F3N2O2/c1-3-19(9-13(21)18-2)8-12(20)10-5-4-6-11(7-10)14(15,16)17/h4-7,12,20H,3,8-9H2,1-2H3,(H,18,21)/t12-/m0/s1. The molecule has 0 fully saturated rings. The molecule has 0 aliphatic heterocycles. The number of carbonyl (C=O) groups excluding carboxylic acids is 1. The van der Waals surface area contributed by atoms with Crippen LogP contribution in [0.15, 0.2) is 24.3 Å². The lowest BCUT2D eigenvalue weighted by Crippen LogP contribution is -2.37. The molecular formula is C14H19F3N2O2. The molecule has 0 radical (unpaired) electrons. The van der Waals surface area contributed by atoms with Crippen LogP contribution in [-0.4, -0.2) is 42.6 Å². The van der Waals surface area contributed by atoms with E-state index in [1.807, 2.05) is 6.92 Å². The van der Waals surface area contributed by atoms with Gasteiger partial charge in [0.05, 0.1) is 18.2 Å². The van der Waals surface area contributed by atoms with Crippen LogP contribution >= 0.6 is 0 Å². The summed E-state index contributed by atoms with van der Waals surface area (Å²) in [5, 5.41) is 12.5. The molecule has 1 aromatic rings. The fourth-order valence-electron chi connectivity index (χ4n) is 1.86. The smallest absolute Gasteiger partial charge is 0.387 e. The summed E-state index contributed by atoms with van der Waals surface area (Å²) in [6.07, 6.45) is -5.53. The summed E-state index contributed by atoms with van der Waals surface area (Å²) in [4.78, 5) is 13.0. The maximum absolute atomic E-state index is 12.6. The molecule has 118 valence electrons. The monoisotopic (exact) mass is 304 g/mol. The Morgan fingerprint density at radius 2 is 2.10 bits per heavy atom. The summed E-state index contributed by atoms with van der Waals surface area (Å²) in [7, 11) is 1.50. The summed E-state index contributed by atoms with van der Waals surface area (Å²) in [6.45, 7) is 2.49. The molecule has 1 amide bonds. The number of nitrogens with one attached hydrogen (secondary N) is 1. The third-order valence-electron chi connectivity index (χ3n) is 3.12. The molecule has 0 aromatic heterocycles. The van der Waals surface area contributed by atoms with Gasteiger partial charge in [0.2, 0.25) is 5.91 Å². The number of rotatable bonds is 6. The molecule has 0 aliphatic rings. The number of halogens is 3. The number of hydrogen-bond donors (Lipinski definition) is 2. The topological polar surface area (TPSA) is 52.6 Å². The first kappa shape index (κ1) is 17.5. The summed E-state index contributed by atoms with van der Waals surface area (Å²) in [6, 6.07) is 4.58. The van der Waals surface area contributed by atoms with Gasteiger partial charge in [0.1, 0.15) is 0 Å². The number of nitrogens with zero attached hydrogens (tertiary/aromatic N) is 1. The molecule has 0 bridgehead atoms. The van der Waals surface area contributed by atoms with Gasteiger partial charge in [-0.2, -0.15) is 13.2 Å². The second kappa shape index (κ2) is 7.42. The van der Waals surface area contributed by atoms with Crippen molar-refractivity contribution >= 4 is 5.91 Å². The second-order valence-electron chi connectivity index (χ2n) is 4.64. The predicted molar refractivity (Wildman–Crippen MR) is 72.6 cm³/mol. The number of likely N-dealkylation sites (N-methyl/N-ethyl adjacent to an activating group) is 2. The van der Waals surface area contributed by atoms with Gasteiger partial charge in [-0.3, -0.25) is 9.69 Å². The van der Waals surface area contributed by atoms with Crippen molar-refractivity contribution in [2.45, 2.75) is 19.2 Å². The minimum Gasteiger partial charge on any atom is -0.387 e. The first-order valence-electron chi connectivity index (χ1n) is 6.56. The van der Waals surface area contributed by atoms with E-state index in [4.69, 9.17) is 0 Å². The highest BCUT2D eigenvalue weighted by atomic mass is 19.4. The molecule has 1 rings (SSSR count). The highest BCUT2D eigenvalue weighted by molar-refractivity contribution is 5.77. The Morgan fingerprint density at radius 3 is 2.62 bits per heavy atom. The molecule has 1 atom stereocenters. The van der Waals surface area contributed by atoms with E-state index in [1.54, 1.807) is 4.90 Å². The summed E-state index contributed by atoms with van der Waals surface area (Å²) in [5.41, 5.74) is -0.617. The lowest BCUT2D eigenvalue weighted by Gasteiger charge is -2.23. The second-order valence-corrected chi connectivity index (χ2v) is 4.64. The molecular weight excluding hydrogens is 285 g/mol. The van der Waals surface area contributed by atoms with Gasteiger partial charge in [-0.25, -0.2) is 0 Å². The Hall–Kier alpha value is -1.60. The zero-order chi connectivity index (χ0) is 16.0. The molecule has 1 aromatic carbocycles. The van der Waals surface area contributed by atoms with Crippen molar-refractivity contribution in [3.8, 4) is 0 Å². The van der Waals surface area contributed by atoms with Crippen LogP contribution in [0, 0.1) is 0 Å². The van der Waals surface area contributed by atoms with Gasteiger partial charge < -0.3 is 10.4 Å². The Balaban J connectivity index is 2.78. The van der Waals surface area contributed by atoms with Crippen LogP contribution in [0.25, 0.3) is 0 Å². The van der Waals surface area contributed by atoms with Crippen molar-refractivity contribution in [3.63, 3.8) is 0 Å². The predicted octanol–water partition coefficient (Wildman–Crippen LogP) is 1.81. The van der Waals surface area contributed by atoms with E-state index in [9.17, 15) is 23.1 Å². The zero-order valence-electron chi connectivity index (χ0n) is 11.9. The van der Waals surface area contributed by atoms with Gasteiger partial charge in [-0.05, 0) is 24.2 Å². The normalized spacial score (nSPS) is 13.3. The number of aliphatic hydroxyl groups is 1. The van der Waals surface area contributed by atoms with E-state index < -0.39 is 17.8 Å². The van der Waals surface area contributed by atoms with Crippen LogP contribution in [0.4, 0.5) is 13.2 Å². The van der Waals surface area contributed by atoms with Crippen molar-refractivity contribution in [2.24, 2.45) is 0 Å². The van der Waals surface area contributed by atoms with Crippen LogP contribution in [0.3, 0.4) is 0 Å². The van der Waals surface area contributed by atoms with Crippen LogP contribution in [0.5, 0.6) is 0 Å². The average Bonchev–Trinajstić information content (AvgIpc) is 2.45. The number of benzene rings is 1. The minimum absolute atomic E-state index is 0.0863. The maximum Gasteiger partial charge on any atom is 0.416 e. The Morgan fingerprint density at radius 1 is 1.43 bits per heavy atom. The fourth-order valence-corrected chi connectivity index (χ4v) is 1.86. The Bertz CT molecular complexity index is 478. The molecule has 4 nitrogen and oxygen atoms in total. The highest BCUT2D eigenvalue weighted by Gasteiger charge is 2.31. The molecule has 7 heteroatoms. The number of amides is 1. The minimum atomic E-state index is -4.44. The van der Waals surface area contributed by atoms with Gasteiger partial charge in [-0.15, -0.1) is 0 Å². The number of hydrogen-bond acceptors (Lipinski definition) is 3. The van der Waals surface area contributed by atoms with Crippen LogP contribution in [-0.2, 0) is 11.0 Å². The van der Waals surface area contributed by atoms with E-state index in [-0.39, 0.29) is 24.6 Å². The zero-order valence-corrected chi connectivity index (χ0v) is 11.9. The van der Waals surface area contributed by atoms with E-state index in [0.29, 0.717) is 6.54 Å². The average molecular weight is 304 g/mol. The van der Waals surface area contributed by atoms with Gasteiger partial charge in [0.15, 0.2) is 0 Å². The van der Waals surface area contributed by atoms with E-state index in [2.05, 4.69) is 5.32 Å². The first-order valence-corrected chi connectivity index (χ1v) is 6.56. The van der Waals surface area contributed by atoms with Crippen LogP contribution in [0.1, 0.15) is 24.2 Å². The van der Waals surface area contributed by atoms with E-state index in [1.165, 1.54) is 19.2 Å². The van der Waals surface area contributed by atoms with Crippen molar-refractivity contribution in [3.05, 3.63) is 35.4 Å². The SMILES string of the molecule is CCN(CC(=O)NC)C[C@H](O)c1cccc(C(F)(F)F)c1. The Labute approximate surface area is 121 Å². The fraction of sp³-hybridized carbons (Fsp3) is 0.500. The van der Waals surface area contributed by atoms with Gasteiger partial charge >= 0.3 is 6.18 Å². The summed E-state index contributed by atoms with van der Waals surface area (Å²) < 4.78 is 37.9. The van der Waals surface area contributed by atoms with Crippen LogP contribution < -0.4 is 5.32 Å². The third kappa shape index (κ3) is 5.35. The van der Waals surface area contributed by atoms with Crippen molar-refractivity contribution < 1.29 is 23.1 Å². The summed E-state index contributed by atoms with van der Waals surface area (Å²) >= 11 is 0. The largest absolute Gasteiger partial charge is 0.416 e.